The third kappa shape index (κ3) is 4.16. The van der Waals surface area contributed by atoms with Crippen molar-refractivity contribution in [3.8, 4) is 0 Å². The molecule has 0 N–H and O–H groups in total. The second-order valence-electron chi connectivity index (χ2n) is 9.37. The lowest BCUT2D eigenvalue weighted by atomic mass is 9.51. The summed E-state index contributed by atoms with van der Waals surface area (Å²) in [4.78, 5) is 13.6. The first-order valence-electron chi connectivity index (χ1n) is 11.3. The zero-order valence-electron chi connectivity index (χ0n) is 18.5. The van der Waals surface area contributed by atoms with Crippen molar-refractivity contribution in [3.05, 3.63) is 81.3 Å². The Balaban J connectivity index is 1.90. The Hall–Kier alpha value is -1.32. The number of rotatable bonds is 5. The molecule has 4 rings (SSSR count). The first-order chi connectivity index (χ1) is 15.3. The highest BCUT2D eigenvalue weighted by atomic mass is 35.5. The van der Waals surface area contributed by atoms with Crippen LogP contribution in [0.2, 0.25) is 15.1 Å². The third-order valence-electron chi connectivity index (χ3n) is 7.70. The molecule has 0 aliphatic heterocycles. The molecule has 6 atom stereocenters. The molecule has 0 amide bonds. The van der Waals surface area contributed by atoms with E-state index < -0.39 is 5.60 Å². The second-order valence-corrected chi connectivity index (χ2v) is 10.6. The van der Waals surface area contributed by atoms with Crippen molar-refractivity contribution in [2.45, 2.75) is 50.5 Å². The van der Waals surface area contributed by atoms with Crippen LogP contribution in [0.3, 0.4) is 0 Å². The average molecular weight is 492 g/mol. The van der Waals surface area contributed by atoms with Crippen LogP contribution in [0, 0.1) is 17.8 Å². The van der Waals surface area contributed by atoms with Crippen LogP contribution in [0.1, 0.15) is 56.1 Å². The van der Waals surface area contributed by atoms with Gasteiger partial charge in [0.2, 0.25) is 0 Å². The molecule has 2 aliphatic carbocycles. The molecule has 2 aromatic rings. The molecule has 5 heteroatoms. The van der Waals surface area contributed by atoms with Crippen LogP contribution in [-0.2, 0) is 9.53 Å². The van der Waals surface area contributed by atoms with E-state index in [1.807, 2.05) is 30.3 Å². The number of ketones is 1. The predicted molar refractivity (Wildman–Crippen MR) is 133 cm³/mol. The lowest BCUT2D eigenvalue weighted by Crippen LogP contribution is -2.60. The maximum atomic E-state index is 13.6. The van der Waals surface area contributed by atoms with Gasteiger partial charge >= 0.3 is 0 Å². The molecule has 32 heavy (non-hydrogen) atoms. The lowest BCUT2D eigenvalue weighted by Gasteiger charge is -2.56. The van der Waals surface area contributed by atoms with Gasteiger partial charge in [-0.25, -0.2) is 0 Å². The molecule has 0 heterocycles. The van der Waals surface area contributed by atoms with Crippen molar-refractivity contribution in [2.24, 2.45) is 17.8 Å². The first-order valence-corrected chi connectivity index (χ1v) is 12.4. The fourth-order valence-electron chi connectivity index (χ4n) is 6.07. The van der Waals surface area contributed by atoms with Crippen molar-refractivity contribution >= 4 is 40.6 Å². The molecule has 2 unspecified atom stereocenters. The topological polar surface area (TPSA) is 26.3 Å². The molecule has 170 valence electrons. The monoisotopic (exact) mass is 490 g/mol. The molecule has 2 saturated carbocycles. The summed E-state index contributed by atoms with van der Waals surface area (Å²) in [6, 6.07) is 13.8. The molecule has 2 aliphatic rings. The number of carbonyl (C=O) groups is 1. The van der Waals surface area contributed by atoms with E-state index in [0.717, 1.165) is 17.5 Å². The van der Waals surface area contributed by atoms with Gasteiger partial charge < -0.3 is 4.74 Å². The summed E-state index contributed by atoms with van der Waals surface area (Å²) in [7, 11) is 0. The molecule has 0 spiro atoms. The smallest absolute Gasteiger partial charge is 0.165 e. The Bertz CT molecular complexity index is 1000. The predicted octanol–water partition coefficient (Wildman–Crippen LogP) is 8.11. The van der Waals surface area contributed by atoms with Crippen molar-refractivity contribution in [1.82, 2.24) is 0 Å². The van der Waals surface area contributed by atoms with E-state index in [9.17, 15) is 4.79 Å². The minimum absolute atomic E-state index is 0.0189. The Labute approximate surface area is 205 Å². The van der Waals surface area contributed by atoms with Crippen molar-refractivity contribution in [1.29, 1.82) is 0 Å². The van der Waals surface area contributed by atoms with E-state index in [1.54, 1.807) is 6.08 Å². The maximum absolute atomic E-state index is 13.6. The summed E-state index contributed by atoms with van der Waals surface area (Å²) in [5.41, 5.74) is 1.43. The van der Waals surface area contributed by atoms with Gasteiger partial charge in [0.1, 0.15) is 5.60 Å². The lowest BCUT2D eigenvalue weighted by molar-refractivity contribution is -0.178. The van der Waals surface area contributed by atoms with Gasteiger partial charge in [-0.15, -0.1) is 6.58 Å². The van der Waals surface area contributed by atoms with E-state index in [4.69, 9.17) is 39.5 Å². The minimum Gasteiger partial charge on any atom is -0.363 e. The van der Waals surface area contributed by atoms with Gasteiger partial charge in [0.15, 0.2) is 5.78 Å². The number of fused-ring (bicyclic) bond motifs is 1. The van der Waals surface area contributed by atoms with E-state index in [1.165, 1.54) is 0 Å². The molecule has 0 bridgehead atoms. The standard InChI is InChI=1S/C27H29Cl3O2/c1-4-13-32-27-12-11-22(21-10-9-20(29)15-23(21)30)25(18-5-7-19(28)8-6-18)26(27)17(3)16(2)14-24(27)31/h4-10,15-17,22,25-26H,1,11-14H2,2-3H3/t16-,17-,22-,25?,26-,27?/m0/s1. The number of hydrogen-bond acceptors (Lipinski definition) is 2. The highest BCUT2D eigenvalue weighted by molar-refractivity contribution is 6.35. The number of benzene rings is 2. The molecule has 0 aromatic heterocycles. The largest absolute Gasteiger partial charge is 0.363 e. The van der Waals surface area contributed by atoms with Gasteiger partial charge in [-0.3, -0.25) is 4.79 Å². The van der Waals surface area contributed by atoms with Crippen LogP contribution in [-0.4, -0.2) is 18.0 Å². The van der Waals surface area contributed by atoms with Gasteiger partial charge in [-0.1, -0.05) is 72.9 Å². The normalized spacial score (nSPS) is 32.4. The van der Waals surface area contributed by atoms with Crippen molar-refractivity contribution < 1.29 is 9.53 Å². The van der Waals surface area contributed by atoms with Gasteiger partial charge in [0.05, 0.1) is 6.61 Å². The Kier molecular flexibility index (Phi) is 7.08. The Morgan fingerprint density at radius 2 is 1.78 bits per heavy atom. The van der Waals surface area contributed by atoms with E-state index in [2.05, 4.69) is 32.6 Å². The van der Waals surface area contributed by atoms with Crippen LogP contribution >= 0.6 is 34.8 Å². The van der Waals surface area contributed by atoms with Crippen molar-refractivity contribution in [3.63, 3.8) is 0 Å². The summed E-state index contributed by atoms with van der Waals surface area (Å²) in [6.45, 7) is 8.64. The molecule has 2 nitrogen and oxygen atoms in total. The molecule has 0 saturated heterocycles. The third-order valence-corrected chi connectivity index (χ3v) is 8.52. The number of halogens is 3. The Morgan fingerprint density at radius 3 is 2.44 bits per heavy atom. The van der Waals surface area contributed by atoms with Gasteiger partial charge in [-0.05, 0) is 71.9 Å². The fraction of sp³-hybridized carbons (Fsp3) is 0.444. The number of ether oxygens (including phenoxy) is 1. The molecular weight excluding hydrogens is 463 g/mol. The van der Waals surface area contributed by atoms with Gasteiger partial charge in [0.25, 0.3) is 0 Å². The number of Topliss-reactive ketones (excluding diaryl/α,β-unsaturated/α-hetero) is 1. The number of hydrogen-bond donors (Lipinski definition) is 0. The average Bonchev–Trinajstić information content (AvgIpc) is 2.76. The molecule has 2 aromatic carbocycles. The Morgan fingerprint density at radius 1 is 1.09 bits per heavy atom. The summed E-state index contributed by atoms with van der Waals surface area (Å²) in [5.74, 6) is 1.02. The summed E-state index contributed by atoms with van der Waals surface area (Å²) < 4.78 is 6.42. The fourth-order valence-corrected chi connectivity index (χ4v) is 6.75. The van der Waals surface area contributed by atoms with Crippen LogP contribution in [0.25, 0.3) is 0 Å². The van der Waals surface area contributed by atoms with Crippen molar-refractivity contribution in [2.75, 3.05) is 6.61 Å². The van der Waals surface area contributed by atoms with Crippen LogP contribution < -0.4 is 0 Å². The van der Waals surface area contributed by atoms with Crippen LogP contribution in [0.4, 0.5) is 0 Å². The van der Waals surface area contributed by atoms with E-state index in [-0.39, 0.29) is 29.5 Å². The maximum Gasteiger partial charge on any atom is 0.165 e. The zero-order valence-corrected chi connectivity index (χ0v) is 20.8. The highest BCUT2D eigenvalue weighted by Crippen LogP contribution is 2.60. The molecule has 0 radical (unpaired) electrons. The van der Waals surface area contributed by atoms with Gasteiger partial charge in [0, 0.05) is 27.4 Å². The highest BCUT2D eigenvalue weighted by Gasteiger charge is 2.60. The van der Waals surface area contributed by atoms with Gasteiger partial charge in [-0.2, -0.15) is 0 Å². The van der Waals surface area contributed by atoms with E-state index >= 15 is 0 Å². The summed E-state index contributed by atoms with van der Waals surface area (Å²) in [5, 5.41) is 1.99. The van der Waals surface area contributed by atoms with Crippen LogP contribution in [0.5, 0.6) is 0 Å². The first kappa shape index (κ1) is 23.8. The minimum atomic E-state index is -0.806. The van der Waals surface area contributed by atoms with Crippen LogP contribution in [0.15, 0.2) is 55.1 Å². The SMILES string of the molecule is C=CCOC12CC[C@@H](c3ccc(Cl)cc3Cl)C(c3ccc(Cl)cc3)[C@@H]1[C@@H](C)[C@@H](C)CC2=O. The number of carbonyl (C=O) groups excluding carboxylic acids is 1. The second kappa shape index (κ2) is 9.50. The summed E-state index contributed by atoms with van der Waals surface area (Å²) in [6.07, 6.45) is 3.76. The molecular formula is C27H29Cl3O2. The van der Waals surface area contributed by atoms with E-state index in [0.29, 0.717) is 40.4 Å². The zero-order chi connectivity index (χ0) is 23.0. The summed E-state index contributed by atoms with van der Waals surface area (Å²) >= 11 is 19.1. The molecule has 2 fully saturated rings. The quantitative estimate of drug-likeness (QED) is 0.395.